The Bertz CT molecular complexity index is 474. The second kappa shape index (κ2) is 6.08. The zero-order chi connectivity index (χ0) is 13.7. The van der Waals surface area contributed by atoms with Crippen molar-refractivity contribution in [3.8, 4) is 17.7 Å². The molecule has 0 aromatic carbocycles. The van der Waals surface area contributed by atoms with Gasteiger partial charge in [-0.1, -0.05) is 11.8 Å². The summed E-state index contributed by atoms with van der Waals surface area (Å²) >= 11 is 0. The maximum Gasteiger partial charge on any atom is 0.229 e. The molecule has 19 heavy (non-hydrogen) atoms. The van der Waals surface area contributed by atoms with Crippen molar-refractivity contribution in [2.24, 2.45) is 5.41 Å². The summed E-state index contributed by atoms with van der Waals surface area (Å²) in [6.07, 6.45) is 4.08. The summed E-state index contributed by atoms with van der Waals surface area (Å²) in [6.45, 7) is 8.33. The highest BCUT2D eigenvalue weighted by Crippen LogP contribution is 2.19. The first-order valence-electron chi connectivity index (χ1n) is 6.90. The van der Waals surface area contributed by atoms with E-state index in [1.807, 2.05) is 12.1 Å². The van der Waals surface area contributed by atoms with Crippen molar-refractivity contribution in [3.63, 3.8) is 0 Å². The van der Waals surface area contributed by atoms with Gasteiger partial charge >= 0.3 is 0 Å². The predicted octanol–water partition coefficient (Wildman–Crippen LogP) is 2.61. The van der Waals surface area contributed by atoms with E-state index >= 15 is 0 Å². The number of rotatable bonds is 2. The first-order chi connectivity index (χ1) is 9.04. The van der Waals surface area contributed by atoms with Gasteiger partial charge in [-0.2, -0.15) is 0 Å². The maximum absolute atomic E-state index is 6.00. The number of nitrogens with one attached hydrogen (secondary N) is 1. The Hall–Kier alpha value is -1.53. The Morgan fingerprint density at radius 1 is 1.32 bits per heavy atom. The standard InChI is InChI=1S/C16H22N2O/c1-16(2,3)9-6-13-5-4-10-18-15(13)19-14-7-11-17-12-8-14/h4-5,10,14,17H,7-8,11-12H2,1-3H3. The van der Waals surface area contributed by atoms with Crippen LogP contribution in [0.3, 0.4) is 0 Å². The lowest BCUT2D eigenvalue weighted by Gasteiger charge is -2.23. The molecule has 0 aliphatic carbocycles. The van der Waals surface area contributed by atoms with Crippen molar-refractivity contribution in [1.82, 2.24) is 10.3 Å². The molecule has 1 saturated heterocycles. The topological polar surface area (TPSA) is 34.1 Å². The molecule has 0 unspecified atom stereocenters. The van der Waals surface area contributed by atoms with E-state index in [4.69, 9.17) is 4.74 Å². The summed E-state index contributed by atoms with van der Waals surface area (Å²) in [4.78, 5) is 4.33. The molecule has 1 aromatic rings. The largest absolute Gasteiger partial charge is 0.473 e. The quantitative estimate of drug-likeness (QED) is 0.828. The van der Waals surface area contributed by atoms with Gasteiger partial charge in [-0.3, -0.25) is 0 Å². The van der Waals surface area contributed by atoms with Crippen molar-refractivity contribution in [1.29, 1.82) is 0 Å². The smallest absolute Gasteiger partial charge is 0.229 e. The number of nitrogens with zero attached hydrogens (tertiary/aromatic N) is 1. The van der Waals surface area contributed by atoms with Crippen LogP contribution in [0.4, 0.5) is 0 Å². The van der Waals surface area contributed by atoms with Gasteiger partial charge in [-0.25, -0.2) is 4.98 Å². The van der Waals surface area contributed by atoms with E-state index in [1.165, 1.54) is 0 Å². The zero-order valence-electron chi connectivity index (χ0n) is 12.0. The first-order valence-corrected chi connectivity index (χ1v) is 6.90. The molecule has 0 amide bonds. The van der Waals surface area contributed by atoms with Crippen LogP contribution in [0.5, 0.6) is 5.88 Å². The van der Waals surface area contributed by atoms with Crippen LogP contribution in [0.25, 0.3) is 0 Å². The third-order valence-corrected chi connectivity index (χ3v) is 2.91. The minimum Gasteiger partial charge on any atom is -0.473 e. The number of piperidine rings is 1. The van der Waals surface area contributed by atoms with Crippen molar-refractivity contribution < 1.29 is 4.74 Å². The molecule has 102 valence electrons. The molecular weight excluding hydrogens is 236 g/mol. The van der Waals surface area contributed by atoms with Gasteiger partial charge in [0.15, 0.2) is 0 Å². The van der Waals surface area contributed by atoms with Crippen LogP contribution in [-0.4, -0.2) is 24.2 Å². The Labute approximate surface area is 115 Å². The summed E-state index contributed by atoms with van der Waals surface area (Å²) in [5, 5.41) is 3.33. The fraction of sp³-hybridized carbons (Fsp3) is 0.562. The van der Waals surface area contributed by atoms with Gasteiger partial charge in [-0.05, 0) is 58.8 Å². The SMILES string of the molecule is CC(C)(C)C#Cc1cccnc1OC1CCNCC1. The molecular formula is C16H22N2O. The fourth-order valence-electron chi connectivity index (χ4n) is 1.91. The van der Waals surface area contributed by atoms with Crippen LogP contribution in [0.1, 0.15) is 39.2 Å². The molecule has 2 heterocycles. The van der Waals surface area contributed by atoms with E-state index in [9.17, 15) is 0 Å². The monoisotopic (exact) mass is 258 g/mol. The lowest BCUT2D eigenvalue weighted by molar-refractivity contribution is 0.155. The molecule has 1 aliphatic heterocycles. The number of pyridine rings is 1. The average molecular weight is 258 g/mol. The molecule has 0 saturated carbocycles. The molecule has 3 heteroatoms. The van der Waals surface area contributed by atoms with Crippen LogP contribution in [0.15, 0.2) is 18.3 Å². The Balaban J connectivity index is 2.13. The number of hydrogen-bond acceptors (Lipinski definition) is 3. The van der Waals surface area contributed by atoms with E-state index in [0.717, 1.165) is 31.5 Å². The summed E-state index contributed by atoms with van der Waals surface area (Å²) in [6, 6.07) is 3.88. The van der Waals surface area contributed by atoms with Gasteiger partial charge in [0, 0.05) is 11.6 Å². The molecule has 3 nitrogen and oxygen atoms in total. The number of ether oxygens (including phenoxy) is 1. The average Bonchev–Trinajstić information content (AvgIpc) is 2.38. The lowest BCUT2D eigenvalue weighted by Crippen LogP contribution is -2.34. The normalized spacial score (nSPS) is 16.6. The van der Waals surface area contributed by atoms with Crippen LogP contribution < -0.4 is 10.1 Å². The highest BCUT2D eigenvalue weighted by Gasteiger charge is 2.16. The van der Waals surface area contributed by atoms with Crippen molar-refractivity contribution in [2.45, 2.75) is 39.7 Å². The minimum atomic E-state index is -0.0120. The van der Waals surface area contributed by atoms with Crippen molar-refractivity contribution in [3.05, 3.63) is 23.9 Å². The highest BCUT2D eigenvalue weighted by atomic mass is 16.5. The van der Waals surface area contributed by atoms with Crippen LogP contribution in [0.2, 0.25) is 0 Å². The molecule has 0 radical (unpaired) electrons. The van der Waals surface area contributed by atoms with Crippen molar-refractivity contribution >= 4 is 0 Å². The van der Waals surface area contributed by atoms with Gasteiger partial charge in [0.05, 0.1) is 5.56 Å². The van der Waals surface area contributed by atoms with Gasteiger partial charge in [0.25, 0.3) is 0 Å². The van der Waals surface area contributed by atoms with Crippen LogP contribution >= 0.6 is 0 Å². The van der Waals surface area contributed by atoms with Crippen LogP contribution in [-0.2, 0) is 0 Å². The van der Waals surface area contributed by atoms with Gasteiger partial charge < -0.3 is 10.1 Å². The van der Waals surface area contributed by atoms with Gasteiger partial charge in [0.1, 0.15) is 6.10 Å². The molecule has 1 aliphatic rings. The second-order valence-corrected chi connectivity index (χ2v) is 5.92. The number of hydrogen-bond donors (Lipinski definition) is 1. The number of aromatic nitrogens is 1. The van der Waals surface area contributed by atoms with E-state index in [2.05, 4.69) is 42.9 Å². The zero-order valence-corrected chi connectivity index (χ0v) is 12.0. The highest BCUT2D eigenvalue weighted by molar-refractivity contribution is 5.42. The second-order valence-electron chi connectivity index (χ2n) is 5.92. The van der Waals surface area contributed by atoms with Gasteiger partial charge in [0.2, 0.25) is 5.88 Å². The van der Waals surface area contributed by atoms with E-state index in [1.54, 1.807) is 6.20 Å². The molecule has 1 fully saturated rings. The molecule has 1 aromatic heterocycles. The van der Waals surface area contributed by atoms with Crippen molar-refractivity contribution in [2.75, 3.05) is 13.1 Å². The van der Waals surface area contributed by atoms with E-state index in [-0.39, 0.29) is 11.5 Å². The third kappa shape index (κ3) is 4.57. The Morgan fingerprint density at radius 2 is 2.05 bits per heavy atom. The molecule has 1 N–H and O–H groups in total. The molecule has 2 rings (SSSR count). The Morgan fingerprint density at radius 3 is 2.74 bits per heavy atom. The predicted molar refractivity (Wildman–Crippen MR) is 77.1 cm³/mol. The van der Waals surface area contributed by atoms with E-state index in [0.29, 0.717) is 5.88 Å². The molecule has 0 bridgehead atoms. The van der Waals surface area contributed by atoms with Crippen LogP contribution in [0, 0.1) is 17.3 Å². The molecule has 0 spiro atoms. The van der Waals surface area contributed by atoms with Gasteiger partial charge in [-0.15, -0.1) is 0 Å². The van der Waals surface area contributed by atoms with E-state index < -0.39 is 0 Å². The summed E-state index contributed by atoms with van der Waals surface area (Å²) in [7, 11) is 0. The third-order valence-electron chi connectivity index (χ3n) is 2.91. The Kier molecular flexibility index (Phi) is 4.44. The summed E-state index contributed by atoms with van der Waals surface area (Å²) < 4.78 is 6.00. The minimum absolute atomic E-state index is 0.0120. The molecule has 0 atom stereocenters. The first kappa shape index (κ1) is 13.9. The summed E-state index contributed by atoms with van der Waals surface area (Å²) in [5.41, 5.74) is 0.873. The maximum atomic E-state index is 6.00. The lowest BCUT2D eigenvalue weighted by atomic mass is 9.97. The fourth-order valence-corrected chi connectivity index (χ4v) is 1.91. The summed E-state index contributed by atoms with van der Waals surface area (Å²) in [5.74, 6) is 7.10.